The van der Waals surface area contributed by atoms with Gasteiger partial charge >= 0.3 is 6.09 Å². The third-order valence-electron chi connectivity index (χ3n) is 8.18. The normalized spacial score (nSPS) is 13.9. The minimum absolute atomic E-state index is 0.132. The summed E-state index contributed by atoms with van der Waals surface area (Å²) < 4.78 is 7.71. The van der Waals surface area contributed by atoms with E-state index in [2.05, 4.69) is 45.9 Å². The smallest absolute Gasteiger partial charge is 0.410 e. The fraction of sp³-hybridized carbons (Fsp3) is 0.429. The first kappa shape index (κ1) is 31.8. The Balaban J connectivity index is 1.40. The quantitative estimate of drug-likeness (QED) is 0.281. The molecule has 5 rings (SSSR count). The number of carbonyl (C=O) groups excluding carboxylic acids is 2. The van der Waals surface area contributed by atoms with Crippen molar-refractivity contribution in [1.29, 1.82) is 0 Å². The molecule has 1 aliphatic rings. The van der Waals surface area contributed by atoms with Crippen LogP contribution in [0, 0.1) is 20.8 Å². The molecule has 0 bridgehead atoms. The number of aromatic nitrogens is 3. The number of hydrogen-bond donors (Lipinski definition) is 2. The van der Waals surface area contributed by atoms with Gasteiger partial charge in [0.15, 0.2) is 0 Å². The van der Waals surface area contributed by atoms with Crippen molar-refractivity contribution in [2.75, 3.05) is 31.1 Å². The number of H-pyrrole nitrogens is 1. The summed E-state index contributed by atoms with van der Waals surface area (Å²) in [5.74, 6) is 0.597. The first-order chi connectivity index (χ1) is 21.2. The maximum absolute atomic E-state index is 13.8. The third kappa shape index (κ3) is 6.90. The average molecular weight is 613 g/mol. The topological polar surface area (TPSA) is 113 Å². The van der Waals surface area contributed by atoms with Crippen molar-refractivity contribution in [3.8, 4) is 11.1 Å². The molecule has 0 unspecified atom stereocenters. The van der Waals surface area contributed by atoms with Crippen molar-refractivity contribution in [1.82, 2.24) is 24.8 Å². The second-order valence-corrected chi connectivity index (χ2v) is 13.2. The first-order valence-electron chi connectivity index (χ1n) is 15.5. The van der Waals surface area contributed by atoms with Gasteiger partial charge in [-0.05, 0) is 102 Å². The molecular formula is C35H44N6O4. The number of rotatable bonds is 6. The van der Waals surface area contributed by atoms with Gasteiger partial charge in [0.1, 0.15) is 11.4 Å². The number of ether oxygens (including phenoxy) is 1. The molecule has 4 aromatic rings. The number of aryl methyl sites for hydroxylation is 3. The van der Waals surface area contributed by atoms with Crippen LogP contribution in [0.2, 0.25) is 0 Å². The van der Waals surface area contributed by atoms with Crippen LogP contribution in [0.25, 0.3) is 22.0 Å². The van der Waals surface area contributed by atoms with Gasteiger partial charge in [-0.2, -0.15) is 0 Å². The van der Waals surface area contributed by atoms with E-state index in [1.54, 1.807) is 4.90 Å². The van der Waals surface area contributed by atoms with Crippen LogP contribution < -0.4 is 15.8 Å². The molecular weight excluding hydrogens is 568 g/mol. The molecule has 1 saturated heterocycles. The van der Waals surface area contributed by atoms with Gasteiger partial charge in [0.25, 0.3) is 11.5 Å². The summed E-state index contributed by atoms with van der Waals surface area (Å²) in [4.78, 5) is 50.3. The number of anilines is 1. The fourth-order valence-corrected chi connectivity index (χ4v) is 5.91. The lowest BCUT2D eigenvalue weighted by molar-refractivity contribution is 0.0240. The maximum Gasteiger partial charge on any atom is 0.410 e. The maximum atomic E-state index is 13.8. The van der Waals surface area contributed by atoms with Crippen LogP contribution >= 0.6 is 0 Å². The highest BCUT2D eigenvalue weighted by Crippen LogP contribution is 2.33. The van der Waals surface area contributed by atoms with E-state index >= 15 is 0 Å². The fourth-order valence-electron chi connectivity index (χ4n) is 5.91. The molecule has 0 saturated carbocycles. The van der Waals surface area contributed by atoms with E-state index in [4.69, 9.17) is 9.72 Å². The zero-order valence-corrected chi connectivity index (χ0v) is 27.6. The number of benzene rings is 1. The second-order valence-electron chi connectivity index (χ2n) is 13.2. The lowest BCUT2D eigenvalue weighted by Gasteiger charge is -2.36. The molecule has 0 radical (unpaired) electrons. The number of hydrogen-bond acceptors (Lipinski definition) is 6. The number of pyridine rings is 2. The molecule has 2 amide bonds. The Kier molecular flexibility index (Phi) is 8.78. The SMILES string of the molecule is Cc1cc(C)c(CNC(=O)c2cc(-c3ccc(N4CCN(C(=O)OC(C)(C)C)CC4)nc3)cc3c2c(C)cn3C(C)C)c(=O)[nH]1. The van der Waals surface area contributed by atoms with Crippen LogP contribution in [-0.2, 0) is 11.3 Å². The Hall–Kier alpha value is -4.60. The predicted molar refractivity (Wildman–Crippen MR) is 178 cm³/mol. The van der Waals surface area contributed by atoms with Gasteiger partial charge in [0, 0.05) is 84.4 Å². The van der Waals surface area contributed by atoms with Crippen LogP contribution in [0.15, 0.2) is 47.5 Å². The Morgan fingerprint density at radius 1 is 1.00 bits per heavy atom. The lowest BCUT2D eigenvalue weighted by atomic mass is 9.98. The summed E-state index contributed by atoms with van der Waals surface area (Å²) >= 11 is 0. The predicted octanol–water partition coefficient (Wildman–Crippen LogP) is 5.88. The summed E-state index contributed by atoms with van der Waals surface area (Å²) in [6, 6.07) is 10.1. The molecule has 0 spiro atoms. The van der Waals surface area contributed by atoms with Gasteiger partial charge in [-0.15, -0.1) is 0 Å². The standard InChI is InChI=1S/C35H44N6O4/c1-21(2)41-20-23(4)31-27(32(42)37-19-28-22(3)15-24(5)38-33(28)43)16-26(17-29(31)41)25-9-10-30(36-18-25)39-11-13-40(14-12-39)34(44)45-35(6,7)8/h9-10,15-18,20-21H,11-14,19H2,1-8H3,(H,37,42)(H,38,43). The molecule has 2 N–H and O–H groups in total. The molecule has 10 nitrogen and oxygen atoms in total. The number of aromatic amines is 1. The van der Waals surface area contributed by atoms with Crippen molar-refractivity contribution < 1.29 is 14.3 Å². The molecule has 0 aliphatic carbocycles. The molecule has 45 heavy (non-hydrogen) atoms. The zero-order valence-electron chi connectivity index (χ0n) is 27.6. The van der Waals surface area contributed by atoms with E-state index < -0.39 is 5.60 Å². The van der Waals surface area contributed by atoms with Crippen molar-refractivity contribution in [3.63, 3.8) is 0 Å². The number of nitrogens with one attached hydrogen (secondary N) is 2. The number of carbonyl (C=O) groups is 2. The monoisotopic (exact) mass is 612 g/mol. The van der Waals surface area contributed by atoms with Crippen LogP contribution in [0.4, 0.5) is 10.6 Å². The number of fused-ring (bicyclic) bond motifs is 1. The third-order valence-corrected chi connectivity index (χ3v) is 8.18. The highest BCUT2D eigenvalue weighted by atomic mass is 16.6. The van der Waals surface area contributed by atoms with Gasteiger partial charge in [-0.1, -0.05) is 0 Å². The average Bonchev–Trinajstić information content (AvgIpc) is 3.32. The van der Waals surface area contributed by atoms with Crippen LogP contribution in [0.5, 0.6) is 0 Å². The Labute approximate surface area is 264 Å². The van der Waals surface area contributed by atoms with E-state index in [0.29, 0.717) is 37.3 Å². The van der Waals surface area contributed by atoms with E-state index in [0.717, 1.165) is 44.7 Å². The minimum atomic E-state index is -0.524. The molecule has 1 aliphatic heterocycles. The van der Waals surface area contributed by atoms with Gasteiger partial charge in [0.2, 0.25) is 0 Å². The van der Waals surface area contributed by atoms with Crippen molar-refractivity contribution >= 4 is 28.7 Å². The molecule has 1 fully saturated rings. The molecule has 0 atom stereocenters. The Morgan fingerprint density at radius 2 is 1.71 bits per heavy atom. The van der Waals surface area contributed by atoms with Gasteiger partial charge in [-0.25, -0.2) is 9.78 Å². The van der Waals surface area contributed by atoms with E-state index in [1.807, 2.05) is 72.0 Å². The first-order valence-corrected chi connectivity index (χ1v) is 15.5. The highest BCUT2D eigenvalue weighted by Gasteiger charge is 2.26. The van der Waals surface area contributed by atoms with Crippen LogP contribution in [0.1, 0.15) is 73.4 Å². The van der Waals surface area contributed by atoms with Gasteiger partial charge < -0.3 is 29.4 Å². The summed E-state index contributed by atoms with van der Waals surface area (Å²) in [5, 5.41) is 3.90. The van der Waals surface area contributed by atoms with Crippen molar-refractivity contribution in [2.24, 2.45) is 0 Å². The molecule has 4 heterocycles. The number of amides is 2. The molecule has 10 heteroatoms. The Morgan fingerprint density at radius 3 is 2.31 bits per heavy atom. The minimum Gasteiger partial charge on any atom is -0.444 e. The van der Waals surface area contributed by atoms with E-state index in [1.165, 1.54) is 0 Å². The second kappa shape index (κ2) is 12.4. The highest BCUT2D eigenvalue weighted by molar-refractivity contribution is 6.09. The van der Waals surface area contributed by atoms with Crippen molar-refractivity contribution in [2.45, 2.75) is 73.6 Å². The summed E-state index contributed by atoms with van der Waals surface area (Å²) in [7, 11) is 0. The van der Waals surface area contributed by atoms with Crippen LogP contribution in [0.3, 0.4) is 0 Å². The van der Waals surface area contributed by atoms with Gasteiger partial charge in [-0.3, -0.25) is 9.59 Å². The van der Waals surface area contributed by atoms with Crippen molar-refractivity contribution in [3.05, 3.63) is 81.0 Å². The van der Waals surface area contributed by atoms with E-state index in [9.17, 15) is 14.4 Å². The number of piperazine rings is 1. The number of nitrogens with zero attached hydrogens (tertiary/aromatic N) is 4. The zero-order chi connectivity index (χ0) is 32.6. The largest absolute Gasteiger partial charge is 0.444 e. The van der Waals surface area contributed by atoms with E-state index in [-0.39, 0.29) is 30.1 Å². The molecule has 3 aromatic heterocycles. The lowest BCUT2D eigenvalue weighted by Crippen LogP contribution is -2.50. The summed E-state index contributed by atoms with van der Waals surface area (Å²) in [5.41, 5.74) is 5.77. The van der Waals surface area contributed by atoms with Crippen LogP contribution in [-0.4, -0.2) is 63.2 Å². The summed E-state index contributed by atoms with van der Waals surface area (Å²) in [6.45, 7) is 18.2. The molecule has 238 valence electrons. The van der Waals surface area contributed by atoms with Gasteiger partial charge in [0.05, 0.1) is 0 Å². The summed E-state index contributed by atoms with van der Waals surface area (Å²) in [6.07, 6.45) is 3.63. The molecule has 1 aromatic carbocycles. The Bertz CT molecular complexity index is 1790.